The Labute approximate surface area is 209 Å². The normalized spacial score (nSPS) is 15.4. The van der Waals surface area contributed by atoms with Crippen LogP contribution in [0.5, 0.6) is 0 Å². The van der Waals surface area contributed by atoms with E-state index in [1.807, 2.05) is 30.3 Å². The average Bonchev–Trinajstić information content (AvgIpc) is 2.86. The Morgan fingerprint density at radius 2 is 1.51 bits per heavy atom. The number of hydrogen-bond donors (Lipinski definition) is 1. The molecule has 0 spiro atoms. The van der Waals surface area contributed by atoms with Crippen LogP contribution in [0, 0.1) is 0 Å². The van der Waals surface area contributed by atoms with E-state index < -0.39 is 28.7 Å². The van der Waals surface area contributed by atoms with Crippen LogP contribution >= 0.6 is 0 Å². The van der Waals surface area contributed by atoms with Gasteiger partial charge in [-0.2, -0.15) is 12.7 Å². The largest absolute Gasteiger partial charge is 0.352 e. The lowest BCUT2D eigenvalue weighted by Crippen LogP contribution is -2.53. The van der Waals surface area contributed by atoms with Gasteiger partial charge in [0, 0.05) is 26.7 Å². The summed E-state index contributed by atoms with van der Waals surface area (Å²) in [6.45, 7) is 1.48. The van der Waals surface area contributed by atoms with Gasteiger partial charge in [0.2, 0.25) is 11.8 Å². The Morgan fingerprint density at radius 1 is 0.943 bits per heavy atom. The molecule has 0 aliphatic heterocycles. The number of nitrogens with zero attached hydrogens (tertiary/aromatic N) is 3. The third kappa shape index (κ3) is 7.05. The number of carbonyl (C=O) groups is 2. The lowest BCUT2D eigenvalue weighted by atomic mass is 9.95. The van der Waals surface area contributed by atoms with Gasteiger partial charge in [-0.05, 0) is 37.5 Å². The fraction of sp³-hybridized carbons (Fsp3) is 0.462. The van der Waals surface area contributed by atoms with Gasteiger partial charge in [-0.15, -0.1) is 0 Å². The van der Waals surface area contributed by atoms with E-state index in [0.717, 1.165) is 39.9 Å². The molecule has 1 aliphatic carbocycles. The van der Waals surface area contributed by atoms with Crippen molar-refractivity contribution in [3.05, 3.63) is 66.2 Å². The van der Waals surface area contributed by atoms with E-state index in [1.165, 1.54) is 25.4 Å². The molecular weight excluding hydrogens is 464 g/mol. The van der Waals surface area contributed by atoms with Gasteiger partial charge in [-0.3, -0.25) is 9.59 Å². The number of rotatable bonds is 10. The second-order valence-electron chi connectivity index (χ2n) is 9.16. The van der Waals surface area contributed by atoms with E-state index >= 15 is 0 Å². The monoisotopic (exact) mass is 500 g/mol. The van der Waals surface area contributed by atoms with Gasteiger partial charge >= 0.3 is 10.2 Å². The molecule has 1 fully saturated rings. The number of carbonyl (C=O) groups excluding carboxylic acids is 2. The van der Waals surface area contributed by atoms with Crippen LogP contribution in [0.3, 0.4) is 0 Å². The van der Waals surface area contributed by atoms with E-state index in [-0.39, 0.29) is 18.5 Å². The van der Waals surface area contributed by atoms with Crippen molar-refractivity contribution in [2.24, 2.45) is 0 Å². The summed E-state index contributed by atoms with van der Waals surface area (Å²) in [5.74, 6) is -0.669. The number of benzene rings is 2. The van der Waals surface area contributed by atoms with Gasteiger partial charge < -0.3 is 10.2 Å². The predicted molar refractivity (Wildman–Crippen MR) is 138 cm³/mol. The first-order valence-corrected chi connectivity index (χ1v) is 13.5. The van der Waals surface area contributed by atoms with Gasteiger partial charge in [0.05, 0.1) is 5.69 Å². The number of amides is 2. The molecule has 0 bridgehead atoms. The Balaban J connectivity index is 1.87. The molecule has 9 heteroatoms. The Morgan fingerprint density at radius 3 is 2.09 bits per heavy atom. The average molecular weight is 501 g/mol. The van der Waals surface area contributed by atoms with Crippen LogP contribution in [0.2, 0.25) is 0 Å². The van der Waals surface area contributed by atoms with Crippen LogP contribution < -0.4 is 9.62 Å². The van der Waals surface area contributed by atoms with Crippen LogP contribution in [-0.4, -0.2) is 62.2 Å². The molecule has 0 aromatic heterocycles. The summed E-state index contributed by atoms with van der Waals surface area (Å²) in [5, 5.41) is 3.10. The lowest BCUT2D eigenvalue weighted by molar-refractivity contribution is -0.139. The van der Waals surface area contributed by atoms with Crippen molar-refractivity contribution in [1.29, 1.82) is 0 Å². The standard InChI is InChI=1S/C26H36N4O4S/c1-21(26(32)27-23-15-9-5-10-16-23)29(19-22-13-7-4-8-14-22)25(31)20-30(35(33,34)28(2)3)24-17-11-6-12-18-24/h4,6-8,11-14,17-18,21,23H,5,9-10,15-16,19-20H2,1-3H3,(H,27,32)/t21-/m0/s1. The van der Waals surface area contributed by atoms with Crippen molar-refractivity contribution >= 4 is 27.7 Å². The maximum Gasteiger partial charge on any atom is 0.304 e. The molecule has 0 heterocycles. The summed E-state index contributed by atoms with van der Waals surface area (Å²) < 4.78 is 28.4. The van der Waals surface area contributed by atoms with E-state index in [4.69, 9.17) is 0 Å². The van der Waals surface area contributed by atoms with Gasteiger partial charge in [-0.25, -0.2) is 4.31 Å². The first-order chi connectivity index (χ1) is 16.7. The highest BCUT2D eigenvalue weighted by molar-refractivity contribution is 7.90. The summed E-state index contributed by atoms with van der Waals surface area (Å²) in [6.07, 6.45) is 5.22. The summed E-state index contributed by atoms with van der Waals surface area (Å²) in [4.78, 5) is 28.3. The van der Waals surface area contributed by atoms with Crippen molar-refractivity contribution < 1.29 is 18.0 Å². The maximum atomic E-state index is 13.7. The maximum absolute atomic E-state index is 13.7. The van der Waals surface area contributed by atoms with Crippen molar-refractivity contribution in [3.8, 4) is 0 Å². The summed E-state index contributed by atoms with van der Waals surface area (Å²) in [5.41, 5.74) is 1.24. The zero-order valence-electron chi connectivity index (χ0n) is 20.8. The fourth-order valence-electron chi connectivity index (χ4n) is 4.24. The molecule has 1 saturated carbocycles. The molecule has 1 N–H and O–H groups in total. The predicted octanol–water partition coefficient (Wildman–Crippen LogP) is 3.17. The van der Waals surface area contributed by atoms with E-state index in [1.54, 1.807) is 37.3 Å². The summed E-state index contributed by atoms with van der Waals surface area (Å²) in [6, 6.07) is 17.3. The van der Waals surface area contributed by atoms with Gasteiger partial charge in [0.25, 0.3) is 0 Å². The third-order valence-electron chi connectivity index (χ3n) is 6.38. The minimum absolute atomic E-state index is 0.113. The highest BCUT2D eigenvalue weighted by Gasteiger charge is 2.33. The lowest BCUT2D eigenvalue weighted by Gasteiger charge is -2.33. The molecule has 35 heavy (non-hydrogen) atoms. The Kier molecular flexibility index (Phi) is 9.28. The molecular formula is C26H36N4O4S. The quantitative estimate of drug-likeness (QED) is 0.543. The van der Waals surface area contributed by atoms with Gasteiger partial charge in [0.15, 0.2) is 0 Å². The van der Waals surface area contributed by atoms with Gasteiger partial charge in [-0.1, -0.05) is 67.8 Å². The second kappa shape index (κ2) is 12.2. The van der Waals surface area contributed by atoms with E-state index in [9.17, 15) is 18.0 Å². The number of anilines is 1. The van der Waals surface area contributed by atoms with E-state index in [0.29, 0.717) is 5.69 Å². The molecule has 8 nitrogen and oxygen atoms in total. The van der Waals surface area contributed by atoms with Crippen LogP contribution in [0.25, 0.3) is 0 Å². The van der Waals surface area contributed by atoms with Crippen LogP contribution in [-0.2, 0) is 26.3 Å². The SMILES string of the molecule is C[C@@H](C(=O)NC1CCCCC1)N(Cc1ccccc1)C(=O)CN(c1ccccc1)S(=O)(=O)N(C)C. The van der Waals surface area contributed by atoms with Crippen LogP contribution in [0.15, 0.2) is 60.7 Å². The van der Waals surface area contributed by atoms with Crippen LogP contribution in [0.1, 0.15) is 44.6 Å². The highest BCUT2D eigenvalue weighted by Crippen LogP contribution is 2.21. The Bertz CT molecular complexity index is 1070. The van der Waals surface area contributed by atoms with Crippen molar-refractivity contribution in [2.75, 3.05) is 24.9 Å². The van der Waals surface area contributed by atoms with Gasteiger partial charge in [0.1, 0.15) is 12.6 Å². The number of para-hydroxylation sites is 1. The first kappa shape index (κ1) is 26.7. The zero-order chi connectivity index (χ0) is 25.4. The molecule has 2 aromatic carbocycles. The molecule has 2 amide bonds. The highest BCUT2D eigenvalue weighted by atomic mass is 32.2. The third-order valence-corrected chi connectivity index (χ3v) is 8.20. The molecule has 0 radical (unpaired) electrons. The molecule has 1 atom stereocenters. The number of nitrogens with one attached hydrogen (secondary N) is 1. The van der Waals surface area contributed by atoms with Crippen LogP contribution in [0.4, 0.5) is 5.69 Å². The van der Waals surface area contributed by atoms with Crippen molar-refractivity contribution in [1.82, 2.24) is 14.5 Å². The van der Waals surface area contributed by atoms with E-state index in [2.05, 4.69) is 5.32 Å². The smallest absolute Gasteiger partial charge is 0.304 e. The topological polar surface area (TPSA) is 90.0 Å². The second-order valence-corrected chi connectivity index (χ2v) is 11.2. The minimum Gasteiger partial charge on any atom is -0.352 e. The zero-order valence-corrected chi connectivity index (χ0v) is 21.6. The molecule has 0 saturated heterocycles. The fourth-order valence-corrected chi connectivity index (χ4v) is 5.30. The first-order valence-electron chi connectivity index (χ1n) is 12.1. The minimum atomic E-state index is -3.94. The van der Waals surface area contributed by atoms with Crippen molar-refractivity contribution in [2.45, 2.75) is 57.7 Å². The molecule has 0 unspecified atom stereocenters. The van der Waals surface area contributed by atoms with Crippen molar-refractivity contribution in [3.63, 3.8) is 0 Å². The summed E-state index contributed by atoms with van der Waals surface area (Å²) in [7, 11) is -1.09. The Hall–Kier alpha value is -2.91. The molecule has 2 aromatic rings. The molecule has 190 valence electrons. The molecule has 1 aliphatic rings. The molecule has 3 rings (SSSR count). The number of hydrogen-bond acceptors (Lipinski definition) is 4. The summed E-state index contributed by atoms with van der Waals surface area (Å²) >= 11 is 0.